The van der Waals surface area contributed by atoms with Gasteiger partial charge in [-0.25, -0.2) is 0 Å². The lowest BCUT2D eigenvalue weighted by Gasteiger charge is -2.18. The molecule has 0 fully saturated rings. The van der Waals surface area contributed by atoms with Crippen molar-refractivity contribution in [2.45, 2.75) is 39.0 Å². The zero-order chi connectivity index (χ0) is 26.1. The molecule has 0 aliphatic rings. The van der Waals surface area contributed by atoms with E-state index in [1.54, 1.807) is 24.3 Å². The van der Waals surface area contributed by atoms with E-state index >= 15 is 0 Å². The number of halogens is 1. The van der Waals surface area contributed by atoms with E-state index in [2.05, 4.69) is 16.0 Å². The normalized spacial score (nSPS) is 11.5. The maximum absolute atomic E-state index is 12.8. The van der Waals surface area contributed by atoms with Crippen LogP contribution < -0.4 is 20.7 Å². The minimum atomic E-state index is -0.781. The van der Waals surface area contributed by atoms with Gasteiger partial charge in [0.25, 0.3) is 11.8 Å². The Bertz CT molecular complexity index is 1200. The van der Waals surface area contributed by atoms with E-state index in [-0.39, 0.29) is 17.9 Å². The maximum atomic E-state index is 12.8. The standard InChI is InChI=1S/C28H30ClN3O4/c1-18(2)36-25-14-13-22(16-23(25)29)27(34)32-24(28(35)30-3)15-19-9-11-20(12-10-19)17-31-26(33)21-7-5-4-6-8-21/h4-14,16,18,24H,15,17H2,1-3H3,(H,30,35)(H,31,33)(H,32,34)/t24-/m0/s1. The summed E-state index contributed by atoms with van der Waals surface area (Å²) in [5.41, 5.74) is 2.71. The largest absolute Gasteiger partial charge is 0.489 e. The van der Waals surface area contributed by atoms with Crippen molar-refractivity contribution in [3.8, 4) is 5.75 Å². The SMILES string of the molecule is CNC(=O)[C@H](Cc1ccc(CNC(=O)c2ccccc2)cc1)NC(=O)c1ccc(OC(C)C)c(Cl)c1. The third-order valence-corrected chi connectivity index (χ3v) is 5.67. The van der Waals surface area contributed by atoms with Gasteiger partial charge in [0, 0.05) is 31.1 Å². The summed E-state index contributed by atoms with van der Waals surface area (Å²) in [6.07, 6.45) is 0.246. The number of hydrogen-bond acceptors (Lipinski definition) is 4. The first-order valence-electron chi connectivity index (χ1n) is 11.7. The Morgan fingerprint density at radius 2 is 1.53 bits per heavy atom. The number of rotatable bonds is 10. The number of hydrogen-bond donors (Lipinski definition) is 3. The van der Waals surface area contributed by atoms with Gasteiger partial charge in [-0.1, -0.05) is 54.1 Å². The molecule has 3 amide bonds. The quantitative estimate of drug-likeness (QED) is 0.384. The second-order valence-electron chi connectivity index (χ2n) is 8.52. The number of ether oxygens (including phenoxy) is 1. The Hall–Kier alpha value is -3.84. The van der Waals surface area contributed by atoms with Crippen LogP contribution in [0.5, 0.6) is 5.75 Å². The van der Waals surface area contributed by atoms with Gasteiger partial charge in [0.05, 0.1) is 11.1 Å². The molecule has 188 valence electrons. The van der Waals surface area contributed by atoms with Crippen molar-refractivity contribution in [1.29, 1.82) is 0 Å². The molecule has 0 radical (unpaired) electrons. The third kappa shape index (κ3) is 7.58. The summed E-state index contributed by atoms with van der Waals surface area (Å²) in [5, 5.41) is 8.59. The molecule has 0 aliphatic carbocycles. The van der Waals surface area contributed by atoms with Gasteiger partial charge >= 0.3 is 0 Å². The fourth-order valence-corrected chi connectivity index (χ4v) is 3.74. The molecule has 0 saturated carbocycles. The molecule has 3 aromatic carbocycles. The molecule has 0 saturated heterocycles. The van der Waals surface area contributed by atoms with E-state index < -0.39 is 11.9 Å². The van der Waals surface area contributed by atoms with E-state index in [9.17, 15) is 14.4 Å². The number of amides is 3. The van der Waals surface area contributed by atoms with Gasteiger partial charge < -0.3 is 20.7 Å². The predicted molar refractivity (Wildman–Crippen MR) is 140 cm³/mol. The van der Waals surface area contributed by atoms with Crippen LogP contribution in [0, 0.1) is 0 Å². The zero-order valence-corrected chi connectivity index (χ0v) is 21.3. The Kier molecular flexibility index (Phi) is 9.47. The predicted octanol–water partition coefficient (Wildman–Crippen LogP) is 4.14. The summed E-state index contributed by atoms with van der Waals surface area (Å²) in [6, 6.07) is 20.5. The van der Waals surface area contributed by atoms with Gasteiger partial charge in [-0.3, -0.25) is 14.4 Å². The fourth-order valence-electron chi connectivity index (χ4n) is 3.52. The van der Waals surface area contributed by atoms with E-state index in [4.69, 9.17) is 16.3 Å². The van der Waals surface area contributed by atoms with Gasteiger partial charge in [0.15, 0.2) is 0 Å². The Morgan fingerprint density at radius 1 is 0.861 bits per heavy atom. The molecular weight excluding hydrogens is 478 g/mol. The Balaban J connectivity index is 1.62. The van der Waals surface area contributed by atoms with Crippen LogP contribution in [0.15, 0.2) is 72.8 Å². The van der Waals surface area contributed by atoms with Crippen LogP contribution in [0.3, 0.4) is 0 Å². The second-order valence-corrected chi connectivity index (χ2v) is 8.93. The molecule has 7 nitrogen and oxygen atoms in total. The van der Waals surface area contributed by atoms with Gasteiger partial charge in [-0.15, -0.1) is 0 Å². The van der Waals surface area contributed by atoms with Gasteiger partial charge in [-0.2, -0.15) is 0 Å². The zero-order valence-electron chi connectivity index (χ0n) is 20.5. The highest BCUT2D eigenvalue weighted by Gasteiger charge is 2.21. The molecule has 0 aliphatic heterocycles. The van der Waals surface area contributed by atoms with Crippen molar-refractivity contribution in [2.24, 2.45) is 0 Å². The van der Waals surface area contributed by atoms with Gasteiger partial charge in [0.2, 0.25) is 5.91 Å². The molecule has 0 unspecified atom stereocenters. The third-order valence-electron chi connectivity index (χ3n) is 5.38. The number of carbonyl (C=O) groups excluding carboxylic acids is 3. The Morgan fingerprint density at radius 3 is 2.14 bits per heavy atom. The first kappa shape index (κ1) is 26.8. The average molecular weight is 508 g/mol. The highest BCUT2D eigenvalue weighted by atomic mass is 35.5. The van der Waals surface area contributed by atoms with E-state index in [1.165, 1.54) is 13.1 Å². The molecule has 0 bridgehead atoms. The molecule has 3 N–H and O–H groups in total. The molecule has 3 rings (SSSR count). The topological polar surface area (TPSA) is 96.5 Å². The molecule has 3 aromatic rings. The van der Waals surface area contributed by atoms with Gasteiger partial charge in [0.1, 0.15) is 11.8 Å². The molecule has 8 heteroatoms. The lowest BCUT2D eigenvalue weighted by molar-refractivity contribution is -0.122. The highest BCUT2D eigenvalue weighted by molar-refractivity contribution is 6.32. The summed E-state index contributed by atoms with van der Waals surface area (Å²) in [7, 11) is 1.52. The molecular formula is C28H30ClN3O4. The first-order chi connectivity index (χ1) is 17.3. The van der Waals surface area contributed by atoms with Crippen LogP contribution in [0.1, 0.15) is 45.7 Å². The Labute approximate surface area is 216 Å². The van der Waals surface area contributed by atoms with Crippen molar-refractivity contribution >= 4 is 29.3 Å². The minimum absolute atomic E-state index is 0.0497. The van der Waals surface area contributed by atoms with Crippen molar-refractivity contribution in [2.75, 3.05) is 7.05 Å². The second kappa shape index (κ2) is 12.7. The van der Waals surface area contributed by atoms with Gasteiger partial charge in [-0.05, 0) is 55.3 Å². The summed E-state index contributed by atoms with van der Waals surface area (Å²) < 4.78 is 5.61. The molecule has 0 spiro atoms. The van der Waals surface area contributed by atoms with Crippen LogP contribution in [0.4, 0.5) is 0 Å². The highest BCUT2D eigenvalue weighted by Crippen LogP contribution is 2.26. The summed E-state index contributed by atoms with van der Waals surface area (Å²) in [5.74, 6) is -0.382. The lowest BCUT2D eigenvalue weighted by atomic mass is 10.0. The van der Waals surface area contributed by atoms with Crippen LogP contribution in [-0.4, -0.2) is 36.9 Å². The number of likely N-dealkylation sites (N-methyl/N-ethyl adjacent to an activating group) is 1. The molecule has 0 heterocycles. The summed E-state index contributed by atoms with van der Waals surface area (Å²) in [4.78, 5) is 37.6. The molecule has 1 atom stereocenters. The molecule has 36 heavy (non-hydrogen) atoms. The number of carbonyl (C=O) groups is 3. The van der Waals surface area contributed by atoms with E-state index in [1.807, 2.05) is 56.3 Å². The first-order valence-corrected chi connectivity index (χ1v) is 12.0. The van der Waals surface area contributed by atoms with Crippen LogP contribution in [-0.2, 0) is 17.8 Å². The van der Waals surface area contributed by atoms with E-state index in [0.717, 1.165) is 11.1 Å². The lowest BCUT2D eigenvalue weighted by Crippen LogP contribution is -2.47. The monoisotopic (exact) mass is 507 g/mol. The average Bonchev–Trinajstić information content (AvgIpc) is 2.88. The summed E-state index contributed by atoms with van der Waals surface area (Å²) in [6.45, 7) is 4.15. The van der Waals surface area contributed by atoms with Crippen LogP contribution in [0.25, 0.3) is 0 Å². The number of benzene rings is 3. The van der Waals surface area contributed by atoms with Crippen molar-refractivity contribution in [3.05, 3.63) is 100 Å². The van der Waals surface area contributed by atoms with Crippen molar-refractivity contribution < 1.29 is 19.1 Å². The smallest absolute Gasteiger partial charge is 0.251 e. The maximum Gasteiger partial charge on any atom is 0.251 e. The fraction of sp³-hybridized carbons (Fsp3) is 0.250. The van der Waals surface area contributed by atoms with E-state index in [0.29, 0.717) is 34.9 Å². The van der Waals surface area contributed by atoms with Crippen LogP contribution >= 0.6 is 11.6 Å². The number of nitrogens with one attached hydrogen (secondary N) is 3. The molecule has 0 aromatic heterocycles. The van der Waals surface area contributed by atoms with Crippen LogP contribution in [0.2, 0.25) is 5.02 Å². The van der Waals surface area contributed by atoms with Crippen molar-refractivity contribution in [3.63, 3.8) is 0 Å². The minimum Gasteiger partial charge on any atom is -0.489 e. The van der Waals surface area contributed by atoms with Crippen molar-refractivity contribution in [1.82, 2.24) is 16.0 Å². The summed E-state index contributed by atoms with van der Waals surface area (Å²) >= 11 is 6.26.